The van der Waals surface area contributed by atoms with E-state index >= 15 is 0 Å². The Morgan fingerprint density at radius 1 is 1.26 bits per heavy atom. The zero-order valence-corrected chi connectivity index (χ0v) is 13.0. The Morgan fingerprint density at radius 2 is 2.09 bits per heavy atom. The molecule has 0 unspecified atom stereocenters. The number of benzene rings is 1. The van der Waals surface area contributed by atoms with Gasteiger partial charge in [0.05, 0.1) is 11.7 Å². The fourth-order valence-corrected chi connectivity index (χ4v) is 2.90. The van der Waals surface area contributed by atoms with E-state index in [0.29, 0.717) is 6.61 Å². The van der Waals surface area contributed by atoms with Gasteiger partial charge in [-0.1, -0.05) is 18.2 Å². The van der Waals surface area contributed by atoms with Gasteiger partial charge in [0.2, 0.25) is 5.91 Å². The molecule has 1 amide bonds. The summed E-state index contributed by atoms with van der Waals surface area (Å²) in [5.41, 5.74) is 7.51. The summed E-state index contributed by atoms with van der Waals surface area (Å²) in [6.45, 7) is 2.12. The first-order valence-corrected chi connectivity index (χ1v) is 7.87. The third kappa shape index (κ3) is 4.07. The number of pyridine rings is 1. The summed E-state index contributed by atoms with van der Waals surface area (Å²) in [5, 5.41) is 0. The van der Waals surface area contributed by atoms with E-state index in [1.807, 2.05) is 42.5 Å². The molecule has 1 aromatic carbocycles. The van der Waals surface area contributed by atoms with Gasteiger partial charge >= 0.3 is 0 Å². The van der Waals surface area contributed by atoms with Gasteiger partial charge in [-0.05, 0) is 49.2 Å². The summed E-state index contributed by atoms with van der Waals surface area (Å²) in [4.78, 5) is 17.8. The van der Waals surface area contributed by atoms with Crippen LogP contribution in [0.15, 0.2) is 48.7 Å². The second kappa shape index (κ2) is 7.24. The summed E-state index contributed by atoms with van der Waals surface area (Å²) in [7, 11) is 0. The number of carbonyl (C=O) groups is 1. The average molecular weight is 311 g/mol. The predicted molar refractivity (Wildman–Crippen MR) is 87.6 cm³/mol. The van der Waals surface area contributed by atoms with Crippen LogP contribution in [0.25, 0.3) is 0 Å². The van der Waals surface area contributed by atoms with Crippen molar-refractivity contribution in [2.45, 2.75) is 32.0 Å². The summed E-state index contributed by atoms with van der Waals surface area (Å²) in [5.74, 6) is 0.588. The van der Waals surface area contributed by atoms with Gasteiger partial charge in [-0.3, -0.25) is 14.7 Å². The van der Waals surface area contributed by atoms with Crippen molar-refractivity contribution in [2.24, 2.45) is 5.73 Å². The summed E-state index contributed by atoms with van der Waals surface area (Å²) >= 11 is 0. The van der Waals surface area contributed by atoms with Crippen LogP contribution in [0.5, 0.6) is 5.75 Å². The molecular formula is C18H21N3O2. The quantitative estimate of drug-likeness (QED) is 0.887. The lowest BCUT2D eigenvalue weighted by atomic mass is 10.1. The lowest BCUT2D eigenvalue weighted by Gasteiger charge is -2.21. The molecule has 120 valence electrons. The maximum absolute atomic E-state index is 11.4. The molecule has 0 spiro atoms. The van der Waals surface area contributed by atoms with Crippen LogP contribution < -0.4 is 10.5 Å². The van der Waals surface area contributed by atoms with Crippen LogP contribution in [0, 0.1) is 0 Å². The molecule has 0 saturated carbocycles. The minimum atomic E-state index is -0.224. The van der Waals surface area contributed by atoms with Gasteiger partial charge in [-0.15, -0.1) is 0 Å². The van der Waals surface area contributed by atoms with Gasteiger partial charge in [0, 0.05) is 12.7 Å². The van der Waals surface area contributed by atoms with E-state index in [4.69, 9.17) is 10.5 Å². The lowest BCUT2D eigenvalue weighted by Crippen LogP contribution is -2.39. The molecule has 1 atom stereocenters. The molecule has 0 aliphatic carbocycles. The highest BCUT2D eigenvalue weighted by molar-refractivity contribution is 5.80. The number of nitrogens with two attached hydrogens (primary N) is 1. The van der Waals surface area contributed by atoms with Crippen molar-refractivity contribution < 1.29 is 9.53 Å². The van der Waals surface area contributed by atoms with Crippen molar-refractivity contribution in [3.05, 3.63) is 59.9 Å². The smallest absolute Gasteiger partial charge is 0.234 e. The van der Waals surface area contributed by atoms with Crippen LogP contribution >= 0.6 is 0 Å². The largest absolute Gasteiger partial charge is 0.487 e. The Hall–Kier alpha value is -2.40. The first kappa shape index (κ1) is 15.5. The number of hydrogen-bond acceptors (Lipinski definition) is 4. The van der Waals surface area contributed by atoms with Crippen molar-refractivity contribution in [3.8, 4) is 5.75 Å². The van der Waals surface area contributed by atoms with Crippen molar-refractivity contribution in [3.63, 3.8) is 0 Å². The lowest BCUT2D eigenvalue weighted by molar-refractivity contribution is -0.122. The Morgan fingerprint density at radius 3 is 2.78 bits per heavy atom. The summed E-state index contributed by atoms with van der Waals surface area (Å²) < 4.78 is 5.73. The van der Waals surface area contributed by atoms with E-state index in [0.717, 1.165) is 42.9 Å². The summed E-state index contributed by atoms with van der Waals surface area (Å²) in [6, 6.07) is 13.6. The van der Waals surface area contributed by atoms with E-state index in [2.05, 4.69) is 9.88 Å². The summed E-state index contributed by atoms with van der Waals surface area (Å²) in [6.07, 6.45) is 3.65. The van der Waals surface area contributed by atoms with Gasteiger partial charge < -0.3 is 10.5 Å². The van der Waals surface area contributed by atoms with Crippen LogP contribution in [0.1, 0.15) is 24.1 Å². The maximum Gasteiger partial charge on any atom is 0.234 e. The molecule has 1 saturated heterocycles. The first-order chi connectivity index (χ1) is 11.2. The Bertz CT molecular complexity index is 643. The molecule has 3 rings (SSSR count). The molecule has 0 radical (unpaired) electrons. The number of ether oxygens (including phenoxy) is 1. The highest BCUT2D eigenvalue weighted by Crippen LogP contribution is 2.21. The van der Waals surface area contributed by atoms with Crippen molar-refractivity contribution in [1.82, 2.24) is 9.88 Å². The molecule has 1 aliphatic rings. The second-order valence-corrected chi connectivity index (χ2v) is 5.78. The number of nitrogens with zero attached hydrogens (tertiary/aromatic N) is 2. The van der Waals surface area contributed by atoms with Crippen LogP contribution in [0.2, 0.25) is 0 Å². The molecule has 5 heteroatoms. The molecule has 2 heterocycles. The van der Waals surface area contributed by atoms with Crippen LogP contribution in [-0.4, -0.2) is 28.4 Å². The van der Waals surface area contributed by atoms with Crippen LogP contribution in [-0.2, 0) is 17.9 Å². The molecule has 0 bridgehead atoms. The second-order valence-electron chi connectivity index (χ2n) is 5.78. The topological polar surface area (TPSA) is 68.5 Å². The number of hydrogen-bond donors (Lipinski definition) is 1. The Kier molecular flexibility index (Phi) is 4.88. The molecule has 1 aliphatic heterocycles. The van der Waals surface area contributed by atoms with Crippen molar-refractivity contribution in [1.29, 1.82) is 0 Å². The minimum absolute atomic E-state index is 0.130. The number of aromatic nitrogens is 1. The Balaban J connectivity index is 1.56. The number of primary amides is 1. The minimum Gasteiger partial charge on any atom is -0.487 e. The fraction of sp³-hybridized carbons (Fsp3) is 0.333. The van der Waals surface area contributed by atoms with Gasteiger partial charge in [0.15, 0.2) is 0 Å². The third-order valence-corrected chi connectivity index (χ3v) is 4.11. The monoisotopic (exact) mass is 311 g/mol. The maximum atomic E-state index is 11.4. The first-order valence-electron chi connectivity index (χ1n) is 7.87. The van der Waals surface area contributed by atoms with Gasteiger partial charge in [-0.2, -0.15) is 0 Å². The molecular weight excluding hydrogens is 290 g/mol. The van der Waals surface area contributed by atoms with Crippen LogP contribution in [0.3, 0.4) is 0 Å². The molecule has 5 nitrogen and oxygen atoms in total. The molecule has 1 aromatic heterocycles. The molecule has 23 heavy (non-hydrogen) atoms. The third-order valence-electron chi connectivity index (χ3n) is 4.11. The molecule has 2 aromatic rings. The zero-order valence-electron chi connectivity index (χ0n) is 13.0. The predicted octanol–water partition coefficient (Wildman–Crippen LogP) is 2.11. The van der Waals surface area contributed by atoms with Gasteiger partial charge in [0.1, 0.15) is 12.4 Å². The van der Waals surface area contributed by atoms with Gasteiger partial charge in [-0.25, -0.2) is 0 Å². The van der Waals surface area contributed by atoms with E-state index in [1.165, 1.54) is 0 Å². The molecule has 1 fully saturated rings. The van der Waals surface area contributed by atoms with E-state index < -0.39 is 0 Å². The van der Waals surface area contributed by atoms with Crippen molar-refractivity contribution in [2.75, 3.05) is 6.54 Å². The number of amides is 1. The SMILES string of the molecule is NC(=O)[C@@H]1CCCN1Cc1ccc(OCc2ccccn2)cc1. The number of likely N-dealkylation sites (tertiary alicyclic amines) is 1. The fourth-order valence-electron chi connectivity index (χ4n) is 2.90. The van der Waals surface area contributed by atoms with E-state index in [1.54, 1.807) is 6.20 Å². The molecule has 2 N–H and O–H groups in total. The highest BCUT2D eigenvalue weighted by Gasteiger charge is 2.28. The van der Waals surface area contributed by atoms with Gasteiger partial charge in [0.25, 0.3) is 0 Å². The average Bonchev–Trinajstić information content (AvgIpc) is 3.04. The highest BCUT2D eigenvalue weighted by atomic mass is 16.5. The normalized spacial score (nSPS) is 18.0. The number of carbonyl (C=O) groups excluding carboxylic acids is 1. The van der Waals surface area contributed by atoms with Crippen LogP contribution in [0.4, 0.5) is 0 Å². The van der Waals surface area contributed by atoms with E-state index in [9.17, 15) is 4.79 Å². The Labute approximate surface area is 136 Å². The zero-order chi connectivity index (χ0) is 16.1. The van der Waals surface area contributed by atoms with Crippen molar-refractivity contribution >= 4 is 5.91 Å². The van der Waals surface area contributed by atoms with E-state index in [-0.39, 0.29) is 11.9 Å². The number of rotatable bonds is 6. The standard InChI is InChI=1S/C18H21N3O2/c19-18(22)17-5-3-11-21(17)12-14-6-8-16(9-7-14)23-13-15-4-1-2-10-20-15/h1-2,4,6-10,17H,3,5,11-13H2,(H2,19,22)/t17-/m0/s1.